The number of piperazine rings is 1. The molecular weight excluding hydrogens is 204 g/mol. The second kappa shape index (κ2) is 3.75. The van der Waals surface area contributed by atoms with Gasteiger partial charge >= 0.3 is 0 Å². The van der Waals surface area contributed by atoms with E-state index in [1.165, 1.54) is 12.8 Å². The Morgan fingerprint density at radius 1 is 1.44 bits per heavy atom. The van der Waals surface area contributed by atoms with Crippen LogP contribution in [0.3, 0.4) is 0 Å². The number of hydrogen-bond acceptors (Lipinski definition) is 2. The number of carbonyl (C=O) groups excluding carboxylic acids is 2. The summed E-state index contributed by atoms with van der Waals surface area (Å²) >= 11 is 0. The fraction of sp³-hybridized carbons (Fsp3) is 0.833. The molecule has 4 heteroatoms. The second-order valence-electron chi connectivity index (χ2n) is 5.74. The normalized spacial score (nSPS) is 28.2. The third-order valence-corrected chi connectivity index (χ3v) is 3.63. The zero-order valence-corrected chi connectivity index (χ0v) is 10.2. The van der Waals surface area contributed by atoms with Gasteiger partial charge < -0.3 is 10.2 Å². The minimum Gasteiger partial charge on any atom is -0.345 e. The topological polar surface area (TPSA) is 49.4 Å². The second-order valence-corrected chi connectivity index (χ2v) is 5.74. The monoisotopic (exact) mass is 224 g/mol. The van der Waals surface area contributed by atoms with E-state index in [0.717, 1.165) is 6.54 Å². The number of nitrogens with one attached hydrogen (secondary N) is 1. The van der Waals surface area contributed by atoms with E-state index < -0.39 is 0 Å². The van der Waals surface area contributed by atoms with Crippen molar-refractivity contribution >= 4 is 11.8 Å². The number of nitrogens with zero attached hydrogens (tertiary/aromatic N) is 1. The average molecular weight is 224 g/mol. The quantitative estimate of drug-likeness (QED) is 0.769. The molecule has 0 radical (unpaired) electrons. The fourth-order valence-corrected chi connectivity index (χ4v) is 2.30. The molecule has 1 unspecified atom stereocenters. The highest BCUT2D eigenvalue weighted by molar-refractivity contribution is 5.95. The molecule has 0 aromatic heterocycles. The number of amides is 2. The van der Waals surface area contributed by atoms with Crippen LogP contribution in [0.15, 0.2) is 0 Å². The molecule has 1 saturated carbocycles. The van der Waals surface area contributed by atoms with Crippen molar-refractivity contribution in [2.75, 3.05) is 13.1 Å². The Hall–Kier alpha value is -1.06. The van der Waals surface area contributed by atoms with Crippen LogP contribution in [0.1, 0.15) is 33.6 Å². The Morgan fingerprint density at radius 3 is 2.56 bits per heavy atom. The molecule has 1 aliphatic heterocycles. The number of hydrogen-bond donors (Lipinski definition) is 1. The van der Waals surface area contributed by atoms with Gasteiger partial charge in [0.2, 0.25) is 11.8 Å². The molecule has 2 aliphatic rings. The van der Waals surface area contributed by atoms with Gasteiger partial charge in [0.05, 0.1) is 6.54 Å². The fourth-order valence-electron chi connectivity index (χ4n) is 2.30. The standard InChI is InChI=1S/C12H20N2O2/c1-8(2)10-11(16)13-6-9(15)14(10)7-12(3)4-5-12/h8,10H,4-7H2,1-3H3,(H,13,16). The van der Waals surface area contributed by atoms with Gasteiger partial charge in [-0.05, 0) is 24.2 Å². The first-order valence-electron chi connectivity index (χ1n) is 6.00. The van der Waals surface area contributed by atoms with Gasteiger partial charge in [0.15, 0.2) is 0 Å². The molecule has 4 nitrogen and oxygen atoms in total. The summed E-state index contributed by atoms with van der Waals surface area (Å²) in [7, 11) is 0. The lowest BCUT2D eigenvalue weighted by molar-refractivity contribution is -0.148. The lowest BCUT2D eigenvalue weighted by Gasteiger charge is -2.38. The summed E-state index contributed by atoms with van der Waals surface area (Å²) in [6.45, 7) is 7.07. The van der Waals surface area contributed by atoms with Crippen molar-refractivity contribution in [1.29, 1.82) is 0 Å². The summed E-state index contributed by atoms with van der Waals surface area (Å²) in [5, 5.41) is 2.67. The summed E-state index contributed by atoms with van der Waals surface area (Å²) in [6.07, 6.45) is 2.34. The van der Waals surface area contributed by atoms with Crippen LogP contribution in [0.25, 0.3) is 0 Å². The summed E-state index contributed by atoms with van der Waals surface area (Å²) in [5.74, 6) is 0.233. The van der Waals surface area contributed by atoms with Crippen LogP contribution >= 0.6 is 0 Å². The molecule has 1 atom stereocenters. The van der Waals surface area contributed by atoms with Crippen LogP contribution in [-0.2, 0) is 9.59 Å². The molecule has 2 fully saturated rings. The molecule has 0 aromatic rings. The van der Waals surface area contributed by atoms with Crippen molar-refractivity contribution in [2.24, 2.45) is 11.3 Å². The van der Waals surface area contributed by atoms with Crippen LogP contribution < -0.4 is 5.32 Å². The van der Waals surface area contributed by atoms with E-state index >= 15 is 0 Å². The first kappa shape index (κ1) is 11.4. The van der Waals surface area contributed by atoms with Gasteiger partial charge in [-0.25, -0.2) is 0 Å². The highest BCUT2D eigenvalue weighted by Crippen LogP contribution is 2.46. The third kappa shape index (κ3) is 2.06. The minimum absolute atomic E-state index is 0.00106. The minimum atomic E-state index is -0.279. The predicted octanol–water partition coefficient (Wildman–Crippen LogP) is 0.769. The zero-order chi connectivity index (χ0) is 11.9. The van der Waals surface area contributed by atoms with Gasteiger partial charge in [0.25, 0.3) is 0 Å². The van der Waals surface area contributed by atoms with Crippen molar-refractivity contribution < 1.29 is 9.59 Å². The van der Waals surface area contributed by atoms with Gasteiger partial charge in [-0.15, -0.1) is 0 Å². The van der Waals surface area contributed by atoms with Crippen LogP contribution in [0.5, 0.6) is 0 Å². The van der Waals surface area contributed by atoms with Crippen LogP contribution in [-0.4, -0.2) is 35.8 Å². The molecule has 1 saturated heterocycles. The number of carbonyl (C=O) groups is 2. The van der Waals surface area contributed by atoms with E-state index in [0.29, 0.717) is 0 Å². The summed E-state index contributed by atoms with van der Waals surface area (Å²) < 4.78 is 0. The number of rotatable bonds is 3. The predicted molar refractivity (Wildman–Crippen MR) is 60.7 cm³/mol. The van der Waals surface area contributed by atoms with Crippen molar-refractivity contribution in [2.45, 2.75) is 39.7 Å². The molecule has 2 amide bonds. The van der Waals surface area contributed by atoms with Crippen LogP contribution in [0.2, 0.25) is 0 Å². The first-order valence-corrected chi connectivity index (χ1v) is 6.00. The van der Waals surface area contributed by atoms with Crippen molar-refractivity contribution in [3.63, 3.8) is 0 Å². The Morgan fingerprint density at radius 2 is 2.06 bits per heavy atom. The molecule has 1 aliphatic carbocycles. The summed E-state index contributed by atoms with van der Waals surface area (Å²) in [6, 6.07) is -0.279. The van der Waals surface area contributed by atoms with Gasteiger partial charge in [-0.1, -0.05) is 20.8 Å². The lowest BCUT2D eigenvalue weighted by atomic mass is 9.97. The Bertz CT molecular complexity index is 321. The van der Waals surface area contributed by atoms with E-state index in [4.69, 9.17) is 0 Å². The zero-order valence-electron chi connectivity index (χ0n) is 10.2. The highest BCUT2D eigenvalue weighted by atomic mass is 16.2. The first-order chi connectivity index (χ1) is 7.43. The molecule has 1 heterocycles. The summed E-state index contributed by atoms with van der Waals surface area (Å²) in [5.41, 5.74) is 0.264. The maximum absolute atomic E-state index is 11.9. The van der Waals surface area contributed by atoms with E-state index in [-0.39, 0.29) is 35.7 Å². The van der Waals surface area contributed by atoms with E-state index in [9.17, 15) is 9.59 Å². The SMILES string of the molecule is CC(C)C1C(=O)NCC(=O)N1CC1(C)CC1. The van der Waals surface area contributed by atoms with Gasteiger partial charge in [-0.2, -0.15) is 0 Å². The van der Waals surface area contributed by atoms with Gasteiger partial charge in [0.1, 0.15) is 6.04 Å². The third-order valence-electron chi connectivity index (χ3n) is 3.63. The van der Waals surface area contributed by atoms with Crippen molar-refractivity contribution in [3.8, 4) is 0 Å². The molecule has 0 bridgehead atoms. The van der Waals surface area contributed by atoms with E-state index in [1.807, 2.05) is 13.8 Å². The van der Waals surface area contributed by atoms with E-state index in [2.05, 4.69) is 12.2 Å². The largest absolute Gasteiger partial charge is 0.345 e. The molecule has 0 aromatic carbocycles. The van der Waals surface area contributed by atoms with Crippen molar-refractivity contribution in [3.05, 3.63) is 0 Å². The van der Waals surface area contributed by atoms with Gasteiger partial charge in [0, 0.05) is 6.54 Å². The molecule has 0 spiro atoms. The maximum atomic E-state index is 11.9. The Kier molecular flexibility index (Phi) is 2.68. The van der Waals surface area contributed by atoms with E-state index in [1.54, 1.807) is 4.90 Å². The van der Waals surface area contributed by atoms with Gasteiger partial charge in [-0.3, -0.25) is 9.59 Å². The van der Waals surface area contributed by atoms with Crippen molar-refractivity contribution in [1.82, 2.24) is 10.2 Å². The molecular formula is C12H20N2O2. The molecule has 1 N–H and O–H groups in total. The average Bonchev–Trinajstić information content (AvgIpc) is 2.90. The lowest BCUT2D eigenvalue weighted by Crippen LogP contribution is -2.61. The maximum Gasteiger partial charge on any atom is 0.243 e. The molecule has 90 valence electrons. The molecule has 2 rings (SSSR count). The molecule has 16 heavy (non-hydrogen) atoms. The highest BCUT2D eigenvalue weighted by Gasteiger charge is 2.45. The van der Waals surface area contributed by atoms with Crippen LogP contribution in [0, 0.1) is 11.3 Å². The smallest absolute Gasteiger partial charge is 0.243 e. The Labute approximate surface area is 96.4 Å². The Balaban J connectivity index is 2.14. The summed E-state index contributed by atoms with van der Waals surface area (Å²) in [4.78, 5) is 25.5. The van der Waals surface area contributed by atoms with Crippen LogP contribution in [0.4, 0.5) is 0 Å².